The van der Waals surface area contributed by atoms with E-state index >= 15 is 0 Å². The van der Waals surface area contributed by atoms with Gasteiger partial charge < -0.3 is 10.4 Å². The monoisotopic (exact) mass is 248 g/mol. The SMILES string of the molecule is CC(CO)CSCC(=O)NC(=O)NC(C)C. The molecule has 3 amide bonds. The minimum Gasteiger partial charge on any atom is -0.396 e. The van der Waals surface area contributed by atoms with Crippen molar-refractivity contribution in [2.75, 3.05) is 18.1 Å². The molecule has 0 spiro atoms. The number of hydrogen-bond acceptors (Lipinski definition) is 4. The van der Waals surface area contributed by atoms with Gasteiger partial charge in [-0.3, -0.25) is 10.1 Å². The molecule has 0 radical (unpaired) electrons. The van der Waals surface area contributed by atoms with Crippen LogP contribution in [-0.2, 0) is 4.79 Å². The molecule has 0 heterocycles. The molecule has 0 aliphatic heterocycles. The molecule has 0 aromatic rings. The second kappa shape index (κ2) is 8.41. The van der Waals surface area contributed by atoms with Crippen LogP contribution in [0.4, 0.5) is 4.79 Å². The molecule has 16 heavy (non-hydrogen) atoms. The van der Waals surface area contributed by atoms with Gasteiger partial charge in [-0.2, -0.15) is 11.8 Å². The van der Waals surface area contributed by atoms with Gasteiger partial charge in [-0.1, -0.05) is 6.92 Å². The Morgan fingerprint density at radius 3 is 2.44 bits per heavy atom. The summed E-state index contributed by atoms with van der Waals surface area (Å²) in [6.45, 7) is 5.66. The van der Waals surface area contributed by atoms with E-state index in [0.717, 1.165) is 0 Å². The number of amides is 3. The number of rotatable bonds is 6. The Morgan fingerprint density at radius 2 is 1.94 bits per heavy atom. The lowest BCUT2D eigenvalue weighted by atomic mass is 10.2. The molecule has 1 atom stereocenters. The molecule has 1 unspecified atom stereocenters. The molecule has 5 nitrogen and oxygen atoms in total. The number of nitrogens with one attached hydrogen (secondary N) is 2. The maximum Gasteiger partial charge on any atom is 0.321 e. The van der Waals surface area contributed by atoms with Gasteiger partial charge >= 0.3 is 6.03 Å². The zero-order valence-corrected chi connectivity index (χ0v) is 10.8. The predicted molar refractivity (Wildman–Crippen MR) is 65.4 cm³/mol. The van der Waals surface area contributed by atoms with E-state index in [9.17, 15) is 9.59 Å². The summed E-state index contributed by atoms with van der Waals surface area (Å²) in [5.41, 5.74) is 0. The van der Waals surface area contributed by atoms with Crippen LogP contribution in [0, 0.1) is 5.92 Å². The first-order valence-electron chi connectivity index (χ1n) is 5.24. The average molecular weight is 248 g/mol. The third-order valence-electron chi connectivity index (χ3n) is 1.62. The van der Waals surface area contributed by atoms with E-state index in [1.165, 1.54) is 11.8 Å². The summed E-state index contributed by atoms with van der Waals surface area (Å²) in [7, 11) is 0. The van der Waals surface area contributed by atoms with Crippen molar-refractivity contribution in [2.24, 2.45) is 5.92 Å². The van der Waals surface area contributed by atoms with Crippen molar-refractivity contribution in [1.29, 1.82) is 0 Å². The molecule has 0 saturated carbocycles. The largest absolute Gasteiger partial charge is 0.396 e. The van der Waals surface area contributed by atoms with Crippen molar-refractivity contribution in [3.63, 3.8) is 0 Å². The first-order chi connectivity index (χ1) is 7.45. The van der Waals surface area contributed by atoms with E-state index in [4.69, 9.17) is 5.11 Å². The molecule has 0 aliphatic carbocycles. The zero-order valence-electron chi connectivity index (χ0n) is 9.95. The molecular formula is C10H20N2O3S. The van der Waals surface area contributed by atoms with Crippen LogP contribution in [0.3, 0.4) is 0 Å². The van der Waals surface area contributed by atoms with Gasteiger partial charge in [-0.05, 0) is 25.5 Å². The second-order valence-electron chi connectivity index (χ2n) is 3.98. The summed E-state index contributed by atoms with van der Waals surface area (Å²) in [5.74, 6) is 0.793. The quantitative estimate of drug-likeness (QED) is 0.642. The average Bonchev–Trinajstić information content (AvgIpc) is 2.15. The van der Waals surface area contributed by atoms with E-state index in [1.54, 1.807) is 0 Å². The smallest absolute Gasteiger partial charge is 0.321 e. The van der Waals surface area contributed by atoms with Crippen molar-refractivity contribution >= 4 is 23.7 Å². The lowest BCUT2D eigenvalue weighted by Crippen LogP contribution is -2.43. The Labute approximate surface area is 100 Å². The number of thioether (sulfide) groups is 1. The fraction of sp³-hybridized carbons (Fsp3) is 0.800. The van der Waals surface area contributed by atoms with Crippen LogP contribution in [0.25, 0.3) is 0 Å². The van der Waals surface area contributed by atoms with Gasteiger partial charge in [0.25, 0.3) is 0 Å². The molecular weight excluding hydrogens is 228 g/mol. The first-order valence-corrected chi connectivity index (χ1v) is 6.40. The van der Waals surface area contributed by atoms with Crippen LogP contribution < -0.4 is 10.6 Å². The van der Waals surface area contributed by atoms with E-state index < -0.39 is 6.03 Å². The van der Waals surface area contributed by atoms with Crippen LogP contribution in [0.5, 0.6) is 0 Å². The molecule has 0 fully saturated rings. The predicted octanol–water partition coefficient (Wildman–Crippen LogP) is 0.582. The van der Waals surface area contributed by atoms with Crippen molar-refractivity contribution in [1.82, 2.24) is 10.6 Å². The summed E-state index contributed by atoms with van der Waals surface area (Å²) in [4.78, 5) is 22.4. The topological polar surface area (TPSA) is 78.4 Å². The fourth-order valence-electron chi connectivity index (χ4n) is 0.866. The van der Waals surface area contributed by atoms with Crippen molar-refractivity contribution in [2.45, 2.75) is 26.8 Å². The summed E-state index contributed by atoms with van der Waals surface area (Å²) in [5, 5.41) is 13.6. The van der Waals surface area contributed by atoms with Crippen molar-refractivity contribution in [3.05, 3.63) is 0 Å². The Morgan fingerprint density at radius 1 is 1.31 bits per heavy atom. The highest BCUT2D eigenvalue weighted by Gasteiger charge is 2.09. The van der Waals surface area contributed by atoms with Gasteiger partial charge in [0, 0.05) is 12.6 Å². The standard InChI is InChI=1S/C10H20N2O3S/c1-7(2)11-10(15)12-9(14)6-16-5-8(3)4-13/h7-8,13H,4-6H2,1-3H3,(H2,11,12,14,15). The van der Waals surface area contributed by atoms with Gasteiger partial charge in [-0.15, -0.1) is 0 Å². The molecule has 6 heteroatoms. The van der Waals surface area contributed by atoms with Gasteiger partial charge in [0.05, 0.1) is 5.75 Å². The minimum absolute atomic E-state index is 0.00913. The molecule has 0 aliphatic rings. The third-order valence-corrected chi connectivity index (χ3v) is 2.89. The number of carbonyl (C=O) groups excluding carboxylic acids is 2. The van der Waals surface area contributed by atoms with Crippen LogP contribution in [0.1, 0.15) is 20.8 Å². The van der Waals surface area contributed by atoms with E-state index in [2.05, 4.69) is 10.6 Å². The van der Waals surface area contributed by atoms with Gasteiger partial charge in [0.15, 0.2) is 0 Å². The molecule has 0 saturated heterocycles. The van der Waals surface area contributed by atoms with Crippen LogP contribution in [-0.4, -0.2) is 41.2 Å². The zero-order chi connectivity index (χ0) is 12.6. The summed E-state index contributed by atoms with van der Waals surface area (Å²) in [6, 6.07) is -0.453. The minimum atomic E-state index is -0.462. The number of hydrogen-bond donors (Lipinski definition) is 3. The maximum absolute atomic E-state index is 11.2. The Bertz CT molecular complexity index is 234. The number of imide groups is 1. The Balaban J connectivity index is 3.62. The Hall–Kier alpha value is -0.750. The summed E-state index contributed by atoms with van der Waals surface area (Å²) in [6.07, 6.45) is 0. The maximum atomic E-state index is 11.2. The number of aliphatic hydroxyl groups excluding tert-OH is 1. The van der Waals surface area contributed by atoms with Crippen LogP contribution in [0.2, 0.25) is 0 Å². The molecule has 0 aromatic heterocycles. The van der Waals surface area contributed by atoms with Crippen molar-refractivity contribution in [3.8, 4) is 0 Å². The van der Waals surface area contributed by atoms with Crippen LogP contribution in [0.15, 0.2) is 0 Å². The van der Waals surface area contributed by atoms with Gasteiger partial charge in [-0.25, -0.2) is 4.79 Å². The molecule has 3 N–H and O–H groups in total. The molecule has 0 aromatic carbocycles. The normalized spacial score (nSPS) is 12.3. The molecule has 0 bridgehead atoms. The van der Waals surface area contributed by atoms with Crippen LogP contribution >= 0.6 is 11.8 Å². The number of carbonyl (C=O) groups is 2. The lowest BCUT2D eigenvalue weighted by molar-refractivity contribution is -0.117. The lowest BCUT2D eigenvalue weighted by Gasteiger charge is -2.09. The molecule has 94 valence electrons. The third kappa shape index (κ3) is 8.55. The van der Waals surface area contributed by atoms with E-state index in [-0.39, 0.29) is 30.2 Å². The number of aliphatic hydroxyl groups is 1. The highest BCUT2D eigenvalue weighted by molar-refractivity contribution is 7.99. The van der Waals surface area contributed by atoms with E-state index in [1.807, 2.05) is 20.8 Å². The van der Waals surface area contributed by atoms with E-state index in [0.29, 0.717) is 5.75 Å². The highest BCUT2D eigenvalue weighted by atomic mass is 32.2. The van der Waals surface area contributed by atoms with Crippen molar-refractivity contribution < 1.29 is 14.7 Å². The highest BCUT2D eigenvalue weighted by Crippen LogP contribution is 2.06. The first kappa shape index (κ1) is 15.2. The number of urea groups is 1. The second-order valence-corrected chi connectivity index (χ2v) is 5.01. The van der Waals surface area contributed by atoms with Gasteiger partial charge in [0.2, 0.25) is 5.91 Å². The Kier molecular flexibility index (Phi) is 8.01. The van der Waals surface area contributed by atoms with Gasteiger partial charge in [0.1, 0.15) is 0 Å². The summed E-state index contributed by atoms with van der Waals surface area (Å²) >= 11 is 1.40. The molecule has 0 rings (SSSR count). The fourth-order valence-corrected chi connectivity index (χ4v) is 1.75. The summed E-state index contributed by atoms with van der Waals surface area (Å²) < 4.78 is 0.